The summed E-state index contributed by atoms with van der Waals surface area (Å²) in [5.41, 5.74) is 1.21. The normalized spacial score (nSPS) is 38.1. The van der Waals surface area contributed by atoms with Gasteiger partial charge in [-0.1, -0.05) is 0 Å². The second-order valence-corrected chi connectivity index (χ2v) is 3.01. The first-order chi connectivity index (χ1) is 4.77. The Hall–Kier alpha value is -0.630. The monoisotopic (exact) mass is 138 g/mol. The third-order valence-electron chi connectivity index (χ3n) is 2.32. The minimum Gasteiger partial charge on any atom is -0.374 e. The van der Waals surface area contributed by atoms with Crippen LogP contribution in [0.4, 0.5) is 0 Å². The zero-order chi connectivity index (χ0) is 7.14. The number of ketones is 1. The van der Waals surface area contributed by atoms with E-state index in [4.69, 9.17) is 4.74 Å². The Kier molecular flexibility index (Phi) is 1.17. The summed E-state index contributed by atoms with van der Waals surface area (Å²) >= 11 is 0. The van der Waals surface area contributed by atoms with Crippen LogP contribution in [0.2, 0.25) is 0 Å². The zero-order valence-electron chi connectivity index (χ0n) is 5.96. The minimum atomic E-state index is 0.262. The van der Waals surface area contributed by atoms with Gasteiger partial charge < -0.3 is 4.74 Å². The molecule has 0 aromatic heterocycles. The fourth-order valence-electron chi connectivity index (χ4n) is 1.68. The van der Waals surface area contributed by atoms with Crippen molar-refractivity contribution in [2.45, 2.75) is 19.4 Å². The molecule has 1 aliphatic carbocycles. The molecule has 2 nitrogen and oxygen atoms in total. The maximum atomic E-state index is 10.9. The predicted molar refractivity (Wildman–Crippen MR) is 36.6 cm³/mol. The lowest BCUT2D eigenvalue weighted by Crippen LogP contribution is -2.11. The second-order valence-electron chi connectivity index (χ2n) is 3.01. The van der Waals surface area contributed by atoms with Gasteiger partial charge in [0.05, 0.1) is 12.7 Å². The standard InChI is InChI=1S/C8H10O2/c1-5-8-3-7(9)2-6(8)4-10-5/h2,5,8H,3-4H2,1H3/t5-,8-/m1/s1. The van der Waals surface area contributed by atoms with Crippen LogP contribution in [0.5, 0.6) is 0 Å². The van der Waals surface area contributed by atoms with Crippen LogP contribution in [0.1, 0.15) is 13.3 Å². The van der Waals surface area contributed by atoms with Crippen LogP contribution in [-0.4, -0.2) is 18.5 Å². The Balaban J connectivity index is 2.26. The summed E-state index contributed by atoms with van der Waals surface area (Å²) < 4.78 is 5.35. The van der Waals surface area contributed by atoms with E-state index in [1.807, 2.05) is 6.92 Å². The molecule has 0 amide bonds. The average Bonchev–Trinajstić information content (AvgIpc) is 2.35. The lowest BCUT2D eigenvalue weighted by molar-refractivity contribution is -0.115. The zero-order valence-corrected chi connectivity index (χ0v) is 5.96. The second kappa shape index (κ2) is 1.92. The summed E-state index contributed by atoms with van der Waals surface area (Å²) in [7, 11) is 0. The molecule has 2 rings (SSSR count). The van der Waals surface area contributed by atoms with E-state index in [0.717, 1.165) is 0 Å². The van der Waals surface area contributed by atoms with Crippen LogP contribution in [-0.2, 0) is 9.53 Å². The van der Waals surface area contributed by atoms with Crippen LogP contribution < -0.4 is 0 Å². The van der Waals surface area contributed by atoms with E-state index in [1.165, 1.54) is 5.57 Å². The number of allylic oxidation sites excluding steroid dienone is 1. The van der Waals surface area contributed by atoms with Gasteiger partial charge >= 0.3 is 0 Å². The molecule has 1 saturated heterocycles. The third-order valence-corrected chi connectivity index (χ3v) is 2.32. The molecule has 1 heterocycles. The molecule has 0 aromatic carbocycles. The van der Waals surface area contributed by atoms with Crippen LogP contribution >= 0.6 is 0 Å². The van der Waals surface area contributed by atoms with Gasteiger partial charge in [-0.05, 0) is 18.6 Å². The van der Waals surface area contributed by atoms with Gasteiger partial charge in [0.1, 0.15) is 0 Å². The van der Waals surface area contributed by atoms with Crippen molar-refractivity contribution in [2.75, 3.05) is 6.61 Å². The van der Waals surface area contributed by atoms with Crippen molar-refractivity contribution >= 4 is 5.78 Å². The molecule has 2 heteroatoms. The van der Waals surface area contributed by atoms with E-state index < -0.39 is 0 Å². The Bertz CT molecular complexity index is 205. The maximum Gasteiger partial charge on any atom is 0.156 e. The number of hydrogen-bond donors (Lipinski definition) is 0. The van der Waals surface area contributed by atoms with Gasteiger partial charge in [0.25, 0.3) is 0 Å². The largest absolute Gasteiger partial charge is 0.374 e. The van der Waals surface area contributed by atoms with Gasteiger partial charge in [0, 0.05) is 12.3 Å². The van der Waals surface area contributed by atoms with Crippen LogP contribution in [0.3, 0.4) is 0 Å². The van der Waals surface area contributed by atoms with Gasteiger partial charge in [0.2, 0.25) is 0 Å². The lowest BCUT2D eigenvalue weighted by Gasteiger charge is -2.07. The van der Waals surface area contributed by atoms with Gasteiger partial charge in [-0.3, -0.25) is 4.79 Å². The number of fused-ring (bicyclic) bond motifs is 1. The summed E-state index contributed by atoms with van der Waals surface area (Å²) in [5, 5.41) is 0. The van der Waals surface area contributed by atoms with Crippen molar-refractivity contribution in [3.8, 4) is 0 Å². The highest BCUT2D eigenvalue weighted by atomic mass is 16.5. The highest BCUT2D eigenvalue weighted by molar-refractivity contribution is 5.93. The fraction of sp³-hybridized carbons (Fsp3) is 0.625. The highest BCUT2D eigenvalue weighted by Gasteiger charge is 2.34. The molecule has 2 aliphatic rings. The average molecular weight is 138 g/mol. The molecule has 10 heavy (non-hydrogen) atoms. The van der Waals surface area contributed by atoms with Crippen molar-refractivity contribution < 1.29 is 9.53 Å². The van der Waals surface area contributed by atoms with E-state index >= 15 is 0 Å². The number of rotatable bonds is 0. The summed E-state index contributed by atoms with van der Waals surface area (Å²) in [6, 6.07) is 0. The van der Waals surface area contributed by atoms with Crippen molar-refractivity contribution in [3.63, 3.8) is 0 Å². The fourth-order valence-corrected chi connectivity index (χ4v) is 1.68. The number of ether oxygens (including phenoxy) is 1. The minimum absolute atomic E-state index is 0.262. The summed E-state index contributed by atoms with van der Waals surface area (Å²) in [5.74, 6) is 0.683. The molecule has 0 N–H and O–H groups in total. The Morgan fingerprint density at radius 3 is 3.20 bits per heavy atom. The van der Waals surface area contributed by atoms with Crippen molar-refractivity contribution in [1.29, 1.82) is 0 Å². The Labute approximate surface area is 59.9 Å². The summed E-state index contributed by atoms with van der Waals surface area (Å²) in [6.07, 6.45) is 2.68. The third kappa shape index (κ3) is 0.721. The van der Waals surface area contributed by atoms with Crippen molar-refractivity contribution in [2.24, 2.45) is 5.92 Å². The molecule has 54 valence electrons. The van der Waals surface area contributed by atoms with Crippen molar-refractivity contribution in [1.82, 2.24) is 0 Å². The topological polar surface area (TPSA) is 26.3 Å². The number of hydrogen-bond acceptors (Lipinski definition) is 2. The molecule has 0 radical (unpaired) electrons. The molecular formula is C8H10O2. The van der Waals surface area contributed by atoms with E-state index in [-0.39, 0.29) is 11.9 Å². The van der Waals surface area contributed by atoms with Crippen LogP contribution in [0.25, 0.3) is 0 Å². The van der Waals surface area contributed by atoms with Gasteiger partial charge in [-0.25, -0.2) is 0 Å². The van der Waals surface area contributed by atoms with E-state index in [2.05, 4.69) is 0 Å². The predicted octanol–water partition coefficient (Wildman–Crippen LogP) is 0.920. The smallest absolute Gasteiger partial charge is 0.156 e. The van der Waals surface area contributed by atoms with Gasteiger partial charge in [0.15, 0.2) is 5.78 Å². The summed E-state index contributed by atoms with van der Waals surface area (Å²) in [6.45, 7) is 2.71. The first-order valence-corrected chi connectivity index (χ1v) is 3.62. The Morgan fingerprint density at radius 1 is 1.70 bits per heavy atom. The molecule has 2 atom stereocenters. The molecule has 0 spiro atoms. The first kappa shape index (κ1) is 6.10. The lowest BCUT2D eigenvalue weighted by atomic mass is 10.00. The molecule has 0 saturated carbocycles. The summed E-state index contributed by atoms with van der Waals surface area (Å²) in [4.78, 5) is 10.9. The quantitative estimate of drug-likeness (QED) is 0.497. The molecular weight excluding hydrogens is 128 g/mol. The molecule has 0 unspecified atom stereocenters. The van der Waals surface area contributed by atoms with Crippen molar-refractivity contribution in [3.05, 3.63) is 11.6 Å². The Morgan fingerprint density at radius 2 is 2.50 bits per heavy atom. The molecule has 0 aromatic rings. The SMILES string of the molecule is C[C@H]1OCC2=CC(=O)C[C@@H]21. The van der Waals surface area contributed by atoms with E-state index in [1.54, 1.807) is 6.08 Å². The number of carbonyl (C=O) groups is 1. The van der Waals surface area contributed by atoms with Crippen LogP contribution in [0.15, 0.2) is 11.6 Å². The highest BCUT2D eigenvalue weighted by Crippen LogP contribution is 2.33. The number of carbonyl (C=O) groups excluding carboxylic acids is 1. The van der Waals surface area contributed by atoms with E-state index in [9.17, 15) is 4.79 Å². The van der Waals surface area contributed by atoms with Crippen LogP contribution in [0, 0.1) is 5.92 Å². The van der Waals surface area contributed by atoms with Gasteiger partial charge in [-0.2, -0.15) is 0 Å². The first-order valence-electron chi connectivity index (χ1n) is 3.62. The molecule has 1 aliphatic heterocycles. The maximum absolute atomic E-state index is 10.9. The molecule has 0 bridgehead atoms. The van der Waals surface area contributed by atoms with E-state index in [0.29, 0.717) is 18.9 Å². The molecule has 1 fully saturated rings. The van der Waals surface area contributed by atoms with Gasteiger partial charge in [-0.15, -0.1) is 0 Å².